The van der Waals surface area contributed by atoms with Gasteiger partial charge in [0.25, 0.3) is 0 Å². The molecule has 3 rings (SSSR count). The number of thiocarbonyl (C=S) groups is 1. The second kappa shape index (κ2) is 5.84. The van der Waals surface area contributed by atoms with Crippen LogP contribution >= 0.6 is 34.8 Å². The molecule has 0 amide bonds. The number of nitrogens with one attached hydrogen (secondary N) is 1. The van der Waals surface area contributed by atoms with Gasteiger partial charge in [-0.1, -0.05) is 12.2 Å². The standard InChI is InChI=1S/C15H13FIN3S/c16-9-4-5-13(11(17)7-9)20-15-10(14(18)21)6-8-2-1-3-12(8)19-15/h4-7H,1-3H2,(H2,18,21)(H,19,20). The topological polar surface area (TPSA) is 50.9 Å². The van der Waals surface area contributed by atoms with Crippen molar-refractivity contribution in [1.82, 2.24) is 4.98 Å². The molecule has 1 aromatic heterocycles. The highest BCUT2D eigenvalue weighted by Crippen LogP contribution is 2.29. The number of pyridine rings is 1. The number of hydrogen-bond acceptors (Lipinski definition) is 3. The third-order valence-electron chi connectivity index (χ3n) is 3.50. The van der Waals surface area contributed by atoms with Crippen molar-refractivity contribution in [2.45, 2.75) is 19.3 Å². The maximum atomic E-state index is 13.2. The van der Waals surface area contributed by atoms with Gasteiger partial charge < -0.3 is 11.1 Å². The molecule has 0 atom stereocenters. The quantitative estimate of drug-likeness (QED) is 0.596. The average Bonchev–Trinajstić information content (AvgIpc) is 2.88. The van der Waals surface area contributed by atoms with Crippen LogP contribution in [0.4, 0.5) is 15.9 Å². The van der Waals surface area contributed by atoms with Gasteiger partial charge in [-0.15, -0.1) is 0 Å². The molecule has 21 heavy (non-hydrogen) atoms. The lowest BCUT2D eigenvalue weighted by molar-refractivity contribution is 0.627. The molecule has 6 heteroatoms. The Balaban J connectivity index is 2.03. The van der Waals surface area contributed by atoms with Crippen molar-refractivity contribution in [3.63, 3.8) is 0 Å². The van der Waals surface area contributed by atoms with Gasteiger partial charge in [-0.2, -0.15) is 0 Å². The molecule has 0 spiro atoms. The molecular formula is C15H13FIN3S. The van der Waals surface area contributed by atoms with Gasteiger partial charge in [-0.3, -0.25) is 0 Å². The number of nitrogens with zero attached hydrogens (tertiary/aromatic N) is 1. The fourth-order valence-electron chi connectivity index (χ4n) is 2.47. The number of benzene rings is 1. The summed E-state index contributed by atoms with van der Waals surface area (Å²) in [4.78, 5) is 4.97. The number of halogens is 2. The summed E-state index contributed by atoms with van der Waals surface area (Å²) in [5.41, 5.74) is 9.66. The van der Waals surface area contributed by atoms with Crippen LogP contribution in [0.3, 0.4) is 0 Å². The van der Waals surface area contributed by atoms with Gasteiger partial charge in [-0.25, -0.2) is 9.37 Å². The largest absolute Gasteiger partial charge is 0.389 e. The van der Waals surface area contributed by atoms with E-state index in [1.165, 1.54) is 17.7 Å². The molecule has 0 aliphatic heterocycles. The minimum atomic E-state index is -0.263. The molecule has 2 aromatic rings. The fraction of sp³-hybridized carbons (Fsp3) is 0.200. The van der Waals surface area contributed by atoms with E-state index in [9.17, 15) is 4.39 Å². The van der Waals surface area contributed by atoms with Crippen LogP contribution in [0.5, 0.6) is 0 Å². The zero-order valence-electron chi connectivity index (χ0n) is 11.1. The van der Waals surface area contributed by atoms with Crippen molar-refractivity contribution in [3.8, 4) is 0 Å². The number of hydrogen-bond donors (Lipinski definition) is 2. The summed E-state index contributed by atoms with van der Waals surface area (Å²) in [6.45, 7) is 0. The maximum Gasteiger partial charge on any atom is 0.140 e. The SMILES string of the molecule is NC(=S)c1cc2c(nc1Nc1ccc(F)cc1I)CCC2. The third kappa shape index (κ3) is 3.01. The molecule has 0 bridgehead atoms. The first-order chi connectivity index (χ1) is 10.0. The molecule has 0 unspecified atom stereocenters. The van der Waals surface area contributed by atoms with Crippen LogP contribution < -0.4 is 11.1 Å². The van der Waals surface area contributed by atoms with E-state index >= 15 is 0 Å². The number of anilines is 2. The van der Waals surface area contributed by atoms with Gasteiger partial charge in [0.15, 0.2) is 0 Å². The number of aryl methyl sites for hydroxylation is 2. The fourth-order valence-corrected chi connectivity index (χ4v) is 3.24. The molecule has 1 aliphatic carbocycles. The monoisotopic (exact) mass is 413 g/mol. The maximum absolute atomic E-state index is 13.2. The van der Waals surface area contributed by atoms with Crippen LogP contribution in [-0.2, 0) is 12.8 Å². The zero-order chi connectivity index (χ0) is 15.0. The Morgan fingerprint density at radius 3 is 2.86 bits per heavy atom. The summed E-state index contributed by atoms with van der Waals surface area (Å²) < 4.78 is 14.0. The summed E-state index contributed by atoms with van der Waals surface area (Å²) in [5.74, 6) is 0.383. The number of nitrogens with two attached hydrogens (primary N) is 1. The molecule has 0 saturated heterocycles. The minimum absolute atomic E-state index is 0.263. The lowest BCUT2D eigenvalue weighted by atomic mass is 10.1. The molecule has 1 heterocycles. The lowest BCUT2D eigenvalue weighted by Gasteiger charge is -2.14. The van der Waals surface area contributed by atoms with Crippen LogP contribution in [0, 0.1) is 9.39 Å². The van der Waals surface area contributed by atoms with Crippen molar-refractivity contribution in [1.29, 1.82) is 0 Å². The Labute approximate surface area is 141 Å². The Morgan fingerprint density at radius 2 is 2.14 bits per heavy atom. The zero-order valence-corrected chi connectivity index (χ0v) is 14.1. The van der Waals surface area contributed by atoms with Gasteiger partial charge in [0, 0.05) is 9.26 Å². The number of fused-ring (bicyclic) bond motifs is 1. The van der Waals surface area contributed by atoms with Crippen LogP contribution in [0.1, 0.15) is 23.2 Å². The Morgan fingerprint density at radius 1 is 1.33 bits per heavy atom. The summed E-state index contributed by atoms with van der Waals surface area (Å²) in [6.07, 6.45) is 3.10. The van der Waals surface area contributed by atoms with E-state index in [0.717, 1.165) is 39.8 Å². The first-order valence-electron chi connectivity index (χ1n) is 6.59. The van der Waals surface area contributed by atoms with Crippen molar-refractivity contribution in [3.05, 3.63) is 50.5 Å². The van der Waals surface area contributed by atoms with E-state index in [-0.39, 0.29) is 5.82 Å². The van der Waals surface area contributed by atoms with E-state index < -0.39 is 0 Å². The summed E-state index contributed by atoms with van der Waals surface area (Å²) in [6, 6.07) is 6.60. The summed E-state index contributed by atoms with van der Waals surface area (Å²) in [7, 11) is 0. The van der Waals surface area contributed by atoms with E-state index in [2.05, 4.69) is 32.9 Å². The number of rotatable bonds is 3. The molecule has 1 aromatic carbocycles. The van der Waals surface area contributed by atoms with Crippen molar-refractivity contribution >= 4 is 51.3 Å². The number of aromatic nitrogens is 1. The molecule has 3 N–H and O–H groups in total. The van der Waals surface area contributed by atoms with Gasteiger partial charge in [0.2, 0.25) is 0 Å². The predicted octanol–water partition coefficient (Wildman–Crippen LogP) is 3.69. The minimum Gasteiger partial charge on any atom is -0.389 e. The smallest absolute Gasteiger partial charge is 0.140 e. The van der Waals surface area contributed by atoms with Gasteiger partial charge in [0.05, 0.1) is 11.3 Å². The van der Waals surface area contributed by atoms with E-state index in [1.807, 2.05) is 6.07 Å². The molecular weight excluding hydrogens is 400 g/mol. The highest BCUT2D eigenvalue weighted by molar-refractivity contribution is 14.1. The molecule has 0 radical (unpaired) electrons. The van der Waals surface area contributed by atoms with Crippen LogP contribution in [0.2, 0.25) is 0 Å². The summed E-state index contributed by atoms with van der Waals surface area (Å²) in [5, 5.41) is 3.23. The highest BCUT2D eigenvalue weighted by atomic mass is 127. The normalized spacial score (nSPS) is 13.0. The molecule has 0 saturated carbocycles. The second-order valence-corrected chi connectivity index (χ2v) is 6.56. The first kappa shape index (κ1) is 14.6. The lowest BCUT2D eigenvalue weighted by Crippen LogP contribution is -2.14. The average molecular weight is 413 g/mol. The van der Waals surface area contributed by atoms with Gasteiger partial charge in [-0.05, 0) is 71.7 Å². The Hall–Kier alpha value is -1.28. The molecule has 1 aliphatic rings. The molecule has 108 valence electrons. The van der Waals surface area contributed by atoms with E-state index in [0.29, 0.717) is 10.8 Å². The van der Waals surface area contributed by atoms with Crippen molar-refractivity contribution in [2.75, 3.05) is 5.32 Å². The van der Waals surface area contributed by atoms with Crippen LogP contribution in [0.25, 0.3) is 0 Å². The Kier molecular flexibility index (Phi) is 4.08. The highest BCUT2D eigenvalue weighted by Gasteiger charge is 2.18. The van der Waals surface area contributed by atoms with Gasteiger partial charge >= 0.3 is 0 Å². The second-order valence-electron chi connectivity index (χ2n) is 4.96. The molecule has 3 nitrogen and oxygen atoms in total. The van der Waals surface area contributed by atoms with Crippen LogP contribution in [-0.4, -0.2) is 9.97 Å². The Bertz CT molecular complexity index is 733. The van der Waals surface area contributed by atoms with Gasteiger partial charge in [0.1, 0.15) is 16.6 Å². The third-order valence-corrected chi connectivity index (χ3v) is 4.61. The van der Waals surface area contributed by atoms with Crippen molar-refractivity contribution in [2.24, 2.45) is 5.73 Å². The van der Waals surface area contributed by atoms with Crippen molar-refractivity contribution < 1.29 is 4.39 Å². The summed E-state index contributed by atoms with van der Waals surface area (Å²) >= 11 is 7.21. The first-order valence-corrected chi connectivity index (χ1v) is 8.08. The van der Waals surface area contributed by atoms with E-state index in [1.54, 1.807) is 6.07 Å². The predicted molar refractivity (Wildman–Crippen MR) is 94.5 cm³/mol. The van der Waals surface area contributed by atoms with Crippen LogP contribution in [0.15, 0.2) is 24.3 Å². The van der Waals surface area contributed by atoms with E-state index in [4.69, 9.17) is 18.0 Å². The molecule has 0 fully saturated rings.